The van der Waals surface area contributed by atoms with Crippen molar-refractivity contribution in [2.45, 2.75) is 19.3 Å². The summed E-state index contributed by atoms with van der Waals surface area (Å²) in [5.41, 5.74) is 16.2. The normalized spacial score (nSPS) is 13.3. The minimum absolute atomic E-state index is 0.557. The van der Waals surface area contributed by atoms with Gasteiger partial charge in [-0.2, -0.15) is 0 Å². The predicted molar refractivity (Wildman–Crippen MR) is 211 cm³/mol. The molecule has 7 aromatic carbocycles. The topological polar surface area (TPSA) is 43.6 Å². The van der Waals surface area contributed by atoms with Gasteiger partial charge in [-0.15, -0.1) is 0 Å². The van der Waals surface area contributed by atoms with Gasteiger partial charge in [0.1, 0.15) is 0 Å². The van der Waals surface area contributed by atoms with E-state index in [1.54, 1.807) is 0 Å². The highest BCUT2D eigenvalue weighted by Gasteiger charge is 2.51. The number of nitrogens with zero attached hydrogens (tertiary/aromatic N) is 4. The van der Waals surface area contributed by atoms with Crippen LogP contribution in [0.3, 0.4) is 0 Å². The van der Waals surface area contributed by atoms with Gasteiger partial charge >= 0.3 is 0 Å². The highest BCUT2D eigenvalue weighted by Crippen LogP contribution is 2.61. The van der Waals surface area contributed by atoms with Gasteiger partial charge in [0.25, 0.3) is 0 Å². The molecule has 0 radical (unpaired) electrons. The lowest BCUT2D eigenvalue weighted by molar-refractivity contribution is 0.748. The van der Waals surface area contributed by atoms with Crippen LogP contribution < -0.4 is 0 Å². The van der Waals surface area contributed by atoms with Gasteiger partial charge in [-0.05, 0) is 71.5 Å². The lowest BCUT2D eigenvalue weighted by Gasteiger charge is -2.40. The second-order valence-corrected chi connectivity index (χ2v) is 14.2. The van der Waals surface area contributed by atoms with E-state index in [-0.39, 0.29) is 0 Å². The van der Waals surface area contributed by atoms with Crippen LogP contribution in [0.4, 0.5) is 0 Å². The number of fused-ring (bicyclic) bond motifs is 12. The van der Waals surface area contributed by atoms with Crippen LogP contribution in [0.25, 0.3) is 72.8 Å². The predicted octanol–water partition coefficient (Wildman–Crippen LogP) is 11.3. The summed E-state index contributed by atoms with van der Waals surface area (Å²) in [6.07, 6.45) is 0. The first kappa shape index (κ1) is 29.1. The van der Waals surface area contributed by atoms with Crippen LogP contribution in [-0.4, -0.2) is 19.5 Å². The highest BCUT2D eigenvalue weighted by atomic mass is 15.0. The minimum Gasteiger partial charge on any atom is -0.309 e. The molecule has 0 saturated carbocycles. The van der Waals surface area contributed by atoms with Gasteiger partial charge in [0.2, 0.25) is 0 Å². The first-order valence-electron chi connectivity index (χ1n) is 17.9. The van der Waals surface area contributed by atoms with Gasteiger partial charge in [0.05, 0.1) is 22.1 Å². The molecule has 0 bridgehead atoms. The van der Waals surface area contributed by atoms with Crippen LogP contribution in [0, 0.1) is 13.8 Å². The number of benzene rings is 7. The van der Waals surface area contributed by atoms with E-state index in [0.717, 1.165) is 16.7 Å². The molecule has 4 nitrogen and oxygen atoms in total. The molecule has 1 spiro atoms. The van der Waals surface area contributed by atoms with Crippen LogP contribution in [0.5, 0.6) is 0 Å². The maximum atomic E-state index is 5.17. The van der Waals surface area contributed by atoms with Crippen molar-refractivity contribution >= 4 is 21.8 Å². The van der Waals surface area contributed by atoms with Gasteiger partial charge in [-0.1, -0.05) is 145 Å². The number of rotatable bonds is 3. The van der Waals surface area contributed by atoms with E-state index < -0.39 is 5.41 Å². The quantitative estimate of drug-likeness (QED) is 0.189. The summed E-state index contributed by atoms with van der Waals surface area (Å²) in [4.78, 5) is 15.3. The molecule has 244 valence electrons. The summed E-state index contributed by atoms with van der Waals surface area (Å²) in [7, 11) is 0. The summed E-state index contributed by atoms with van der Waals surface area (Å²) < 4.78 is 2.49. The Kier molecular flexibility index (Phi) is 5.98. The summed E-state index contributed by atoms with van der Waals surface area (Å²) in [5.74, 6) is 1.96. The van der Waals surface area contributed by atoms with Crippen molar-refractivity contribution in [3.05, 3.63) is 191 Å². The molecule has 0 unspecified atom stereocenters. The molecule has 0 N–H and O–H groups in total. The van der Waals surface area contributed by atoms with E-state index in [1.807, 2.05) is 36.4 Å². The van der Waals surface area contributed by atoms with Crippen LogP contribution >= 0.6 is 0 Å². The van der Waals surface area contributed by atoms with Crippen LogP contribution in [-0.2, 0) is 5.41 Å². The zero-order valence-electron chi connectivity index (χ0n) is 28.8. The fraction of sp³-hybridized carbons (Fsp3) is 0.0625. The minimum atomic E-state index is -0.557. The molecule has 0 amide bonds. The first-order valence-corrected chi connectivity index (χ1v) is 17.9. The molecule has 0 saturated heterocycles. The molecule has 52 heavy (non-hydrogen) atoms. The fourth-order valence-electron chi connectivity index (χ4n) is 8.97. The Labute approximate surface area is 301 Å². The second kappa shape index (κ2) is 10.7. The smallest absolute Gasteiger partial charge is 0.164 e. The molecule has 4 heteroatoms. The van der Waals surface area contributed by atoms with Crippen LogP contribution in [0.2, 0.25) is 0 Å². The van der Waals surface area contributed by atoms with E-state index in [2.05, 4.69) is 140 Å². The number of hydrogen-bond donors (Lipinski definition) is 0. The number of para-hydroxylation sites is 2. The fourth-order valence-corrected chi connectivity index (χ4v) is 8.97. The molecule has 3 heterocycles. The second-order valence-electron chi connectivity index (χ2n) is 14.2. The van der Waals surface area contributed by atoms with Crippen molar-refractivity contribution in [3.8, 4) is 51.0 Å². The third kappa shape index (κ3) is 3.89. The van der Waals surface area contributed by atoms with E-state index in [4.69, 9.17) is 15.0 Å². The Morgan fingerprint density at radius 3 is 1.62 bits per heavy atom. The Balaban J connectivity index is 1.27. The van der Waals surface area contributed by atoms with Gasteiger partial charge in [0.15, 0.2) is 17.5 Å². The standard InChI is InChI=1S/C48H32N4/c1-29-20-23-38-36(26-29)37-27-30(2)21-24-39(37)48(38)40-18-11-17-35-34-16-9-10-19-42(34)52(44(35)40)43-25-22-33(28-41(43)48)47-50-45(31-12-5-3-6-13-31)49-46(51-47)32-14-7-4-8-15-32/h3-28H,1-2H3. The third-order valence-corrected chi connectivity index (χ3v) is 11.1. The molecule has 2 aromatic heterocycles. The molecule has 2 aliphatic rings. The SMILES string of the molecule is Cc1ccc2c(c1)-c1cc(C)ccc1C21c2cc(-c3nc(-c4ccccc4)nc(-c4ccccc4)n3)ccc2-n2c3ccccc3c3cccc1c32. The van der Waals surface area contributed by atoms with E-state index in [9.17, 15) is 0 Å². The molecule has 11 rings (SSSR count). The van der Waals surface area contributed by atoms with Gasteiger partial charge in [-0.25, -0.2) is 15.0 Å². The molecular formula is C48H32N4. The molecule has 9 aromatic rings. The van der Waals surface area contributed by atoms with E-state index >= 15 is 0 Å². The van der Waals surface area contributed by atoms with Crippen LogP contribution in [0.1, 0.15) is 33.4 Å². The molecule has 1 aliphatic heterocycles. The Morgan fingerprint density at radius 1 is 0.423 bits per heavy atom. The maximum Gasteiger partial charge on any atom is 0.164 e. The van der Waals surface area contributed by atoms with E-state index in [0.29, 0.717) is 17.5 Å². The van der Waals surface area contributed by atoms with Gasteiger partial charge in [-0.3, -0.25) is 0 Å². The molecule has 0 atom stereocenters. The Hall–Kier alpha value is -6.65. The van der Waals surface area contributed by atoms with Crippen molar-refractivity contribution in [2.24, 2.45) is 0 Å². The van der Waals surface area contributed by atoms with Gasteiger partial charge in [0, 0.05) is 27.5 Å². The van der Waals surface area contributed by atoms with Crippen LogP contribution in [0.15, 0.2) is 158 Å². The number of hydrogen-bond acceptors (Lipinski definition) is 3. The first-order chi connectivity index (χ1) is 25.6. The number of aromatic nitrogens is 4. The molecule has 1 aliphatic carbocycles. The van der Waals surface area contributed by atoms with Crippen molar-refractivity contribution in [1.82, 2.24) is 19.5 Å². The average molecular weight is 665 g/mol. The van der Waals surface area contributed by atoms with Gasteiger partial charge < -0.3 is 4.57 Å². The highest BCUT2D eigenvalue weighted by molar-refractivity contribution is 6.13. The summed E-state index contributed by atoms with van der Waals surface area (Å²) in [6.45, 7) is 4.39. The molecular weight excluding hydrogens is 633 g/mol. The van der Waals surface area contributed by atoms with E-state index in [1.165, 1.54) is 72.0 Å². The van der Waals surface area contributed by atoms with Crippen molar-refractivity contribution in [2.75, 3.05) is 0 Å². The maximum absolute atomic E-state index is 5.17. The lowest BCUT2D eigenvalue weighted by atomic mass is 9.65. The summed E-state index contributed by atoms with van der Waals surface area (Å²) >= 11 is 0. The molecule has 0 fully saturated rings. The zero-order valence-corrected chi connectivity index (χ0v) is 28.8. The zero-order chi connectivity index (χ0) is 34.6. The van der Waals surface area contributed by atoms with Crippen molar-refractivity contribution < 1.29 is 0 Å². The monoisotopic (exact) mass is 664 g/mol. The van der Waals surface area contributed by atoms with Crippen molar-refractivity contribution in [3.63, 3.8) is 0 Å². The third-order valence-electron chi connectivity index (χ3n) is 11.1. The van der Waals surface area contributed by atoms with Crippen molar-refractivity contribution in [1.29, 1.82) is 0 Å². The summed E-state index contributed by atoms with van der Waals surface area (Å²) in [5, 5.41) is 2.53. The lowest BCUT2D eigenvalue weighted by Crippen LogP contribution is -2.33. The summed E-state index contributed by atoms with van der Waals surface area (Å²) in [6, 6.07) is 57.0. The average Bonchev–Trinajstić information content (AvgIpc) is 3.68. The number of aryl methyl sites for hydroxylation is 2. The largest absolute Gasteiger partial charge is 0.309 e. The Morgan fingerprint density at radius 2 is 0.981 bits per heavy atom. The Bertz CT molecular complexity index is 2810.